The molecule has 0 aliphatic carbocycles. The Hall–Kier alpha value is -2.67. The molecule has 0 unspecified atom stereocenters. The maximum absolute atomic E-state index is 10.5. The summed E-state index contributed by atoms with van der Waals surface area (Å²) in [6.07, 6.45) is 4.72. The number of phenolic OH excluding ortho intramolecular Hbond substituents is 1. The molecule has 1 N–H and O–H groups in total. The number of aryl methyl sites for hydroxylation is 1. The summed E-state index contributed by atoms with van der Waals surface area (Å²) in [6, 6.07) is 13.7. The van der Waals surface area contributed by atoms with Gasteiger partial charge in [-0.25, -0.2) is 0 Å². The lowest BCUT2D eigenvalue weighted by molar-refractivity contribution is 0.296. The summed E-state index contributed by atoms with van der Waals surface area (Å²) >= 11 is 0. The molecule has 0 bridgehead atoms. The van der Waals surface area contributed by atoms with E-state index in [1.807, 2.05) is 44.2 Å². The van der Waals surface area contributed by atoms with Crippen LogP contribution in [0.2, 0.25) is 0 Å². The topological polar surface area (TPSA) is 62.5 Å². The number of nitriles is 1. The van der Waals surface area contributed by atoms with Gasteiger partial charge in [-0.3, -0.25) is 0 Å². The van der Waals surface area contributed by atoms with Crippen LogP contribution in [-0.4, -0.2) is 18.8 Å². The Labute approximate surface area is 168 Å². The molecule has 2 aromatic rings. The molecule has 0 heterocycles. The first kappa shape index (κ1) is 21.6. The fourth-order valence-corrected chi connectivity index (χ4v) is 3.11. The predicted octanol–water partition coefficient (Wildman–Crippen LogP) is 6.12. The van der Waals surface area contributed by atoms with Crippen LogP contribution >= 0.6 is 0 Å². The quantitative estimate of drug-likeness (QED) is 0.504. The van der Waals surface area contributed by atoms with Crippen LogP contribution in [0.3, 0.4) is 0 Å². The van der Waals surface area contributed by atoms with E-state index in [-0.39, 0.29) is 11.2 Å². The summed E-state index contributed by atoms with van der Waals surface area (Å²) in [7, 11) is 1.64. The van der Waals surface area contributed by atoms with Crippen molar-refractivity contribution in [1.82, 2.24) is 0 Å². The van der Waals surface area contributed by atoms with Crippen LogP contribution in [0.25, 0.3) is 11.1 Å². The lowest BCUT2D eigenvalue weighted by Gasteiger charge is -2.16. The SMILES string of the molecule is CCc1cc(-c2ccc(OC)cc2)c(O)cc1OCCCCCC(C)(C)C#N. The van der Waals surface area contributed by atoms with Gasteiger partial charge in [-0.1, -0.05) is 31.9 Å². The highest BCUT2D eigenvalue weighted by molar-refractivity contribution is 5.73. The molecule has 0 aromatic heterocycles. The molecule has 28 heavy (non-hydrogen) atoms. The highest BCUT2D eigenvalue weighted by atomic mass is 16.5. The maximum Gasteiger partial charge on any atom is 0.127 e. The molecule has 4 heteroatoms. The number of unbranched alkanes of at least 4 members (excludes halogenated alkanes) is 2. The van der Waals surface area contributed by atoms with Gasteiger partial charge in [0.2, 0.25) is 0 Å². The molecule has 0 fully saturated rings. The summed E-state index contributed by atoms with van der Waals surface area (Å²) in [5.41, 5.74) is 2.57. The normalized spacial score (nSPS) is 11.1. The minimum absolute atomic E-state index is 0.216. The number of phenols is 1. The lowest BCUT2D eigenvalue weighted by Crippen LogP contribution is -2.07. The van der Waals surface area contributed by atoms with Gasteiger partial charge >= 0.3 is 0 Å². The summed E-state index contributed by atoms with van der Waals surface area (Å²) in [5.74, 6) is 1.75. The molecule has 0 aliphatic heterocycles. The van der Waals surface area contributed by atoms with Crippen molar-refractivity contribution in [3.63, 3.8) is 0 Å². The van der Waals surface area contributed by atoms with Crippen LogP contribution < -0.4 is 9.47 Å². The summed E-state index contributed by atoms with van der Waals surface area (Å²) in [4.78, 5) is 0. The fourth-order valence-electron chi connectivity index (χ4n) is 3.11. The molecule has 0 aliphatic rings. The molecule has 0 spiro atoms. The molecular formula is C24H31NO3. The number of nitrogens with zero attached hydrogens (tertiary/aromatic N) is 1. The van der Waals surface area contributed by atoms with Crippen molar-refractivity contribution in [3.8, 4) is 34.4 Å². The van der Waals surface area contributed by atoms with Gasteiger partial charge in [0.15, 0.2) is 0 Å². The Morgan fingerprint density at radius 1 is 1.07 bits per heavy atom. The molecule has 0 saturated heterocycles. The first-order chi connectivity index (χ1) is 13.4. The zero-order valence-corrected chi connectivity index (χ0v) is 17.4. The van der Waals surface area contributed by atoms with E-state index < -0.39 is 0 Å². The summed E-state index contributed by atoms with van der Waals surface area (Å²) < 4.78 is 11.1. The van der Waals surface area contributed by atoms with E-state index in [1.165, 1.54) is 0 Å². The Balaban J connectivity index is 1.98. The molecule has 0 saturated carbocycles. The second-order valence-electron chi connectivity index (χ2n) is 7.71. The monoisotopic (exact) mass is 381 g/mol. The van der Waals surface area contributed by atoms with Crippen LogP contribution in [-0.2, 0) is 6.42 Å². The van der Waals surface area contributed by atoms with Crippen molar-refractivity contribution < 1.29 is 14.6 Å². The molecule has 4 nitrogen and oxygen atoms in total. The lowest BCUT2D eigenvalue weighted by atomic mass is 9.89. The van der Waals surface area contributed by atoms with Crippen LogP contribution in [0.1, 0.15) is 52.0 Å². The van der Waals surface area contributed by atoms with E-state index in [4.69, 9.17) is 14.7 Å². The van der Waals surface area contributed by atoms with Gasteiger partial charge in [-0.2, -0.15) is 5.26 Å². The number of rotatable bonds is 10. The molecule has 0 radical (unpaired) electrons. The van der Waals surface area contributed by atoms with E-state index in [1.54, 1.807) is 13.2 Å². The number of benzene rings is 2. The summed E-state index contributed by atoms with van der Waals surface area (Å²) in [5, 5.41) is 19.6. The van der Waals surface area contributed by atoms with Gasteiger partial charge in [0.05, 0.1) is 25.2 Å². The van der Waals surface area contributed by atoms with Crippen molar-refractivity contribution in [2.24, 2.45) is 5.41 Å². The van der Waals surface area contributed by atoms with Gasteiger partial charge in [-0.15, -0.1) is 0 Å². The average Bonchev–Trinajstić information content (AvgIpc) is 2.70. The molecular weight excluding hydrogens is 350 g/mol. The highest BCUT2D eigenvalue weighted by Crippen LogP contribution is 2.36. The first-order valence-electron chi connectivity index (χ1n) is 9.94. The largest absolute Gasteiger partial charge is 0.507 e. The van der Waals surface area contributed by atoms with Gasteiger partial charge in [0.1, 0.15) is 17.2 Å². The van der Waals surface area contributed by atoms with E-state index in [0.29, 0.717) is 6.61 Å². The molecule has 0 atom stereocenters. The third-order valence-electron chi connectivity index (χ3n) is 4.97. The number of aromatic hydroxyl groups is 1. The average molecular weight is 382 g/mol. The predicted molar refractivity (Wildman–Crippen MR) is 113 cm³/mol. The highest BCUT2D eigenvalue weighted by Gasteiger charge is 2.15. The number of ether oxygens (including phenoxy) is 2. The fraction of sp³-hybridized carbons (Fsp3) is 0.458. The minimum Gasteiger partial charge on any atom is -0.507 e. The van der Waals surface area contributed by atoms with E-state index in [2.05, 4.69) is 13.0 Å². The molecule has 2 aromatic carbocycles. The van der Waals surface area contributed by atoms with Crippen molar-refractivity contribution in [2.75, 3.05) is 13.7 Å². The zero-order valence-electron chi connectivity index (χ0n) is 17.4. The Kier molecular flexibility index (Phi) is 7.75. The van der Waals surface area contributed by atoms with Crippen molar-refractivity contribution >= 4 is 0 Å². The van der Waals surface area contributed by atoms with E-state index >= 15 is 0 Å². The van der Waals surface area contributed by atoms with Crippen LogP contribution in [0.4, 0.5) is 0 Å². The van der Waals surface area contributed by atoms with Gasteiger partial charge in [0, 0.05) is 11.6 Å². The smallest absolute Gasteiger partial charge is 0.127 e. The standard InChI is InChI=1S/C24H31NO3/c1-5-18-15-21(19-9-11-20(27-4)12-10-19)22(26)16-23(18)28-14-8-6-7-13-24(2,3)17-25/h9-12,15-16,26H,5-8,13-14H2,1-4H3. The van der Waals surface area contributed by atoms with Gasteiger partial charge in [0.25, 0.3) is 0 Å². The molecule has 2 rings (SSSR count). The maximum atomic E-state index is 10.5. The molecule has 0 amide bonds. The van der Waals surface area contributed by atoms with Crippen molar-refractivity contribution in [2.45, 2.75) is 52.9 Å². The Morgan fingerprint density at radius 3 is 2.39 bits per heavy atom. The van der Waals surface area contributed by atoms with Crippen LogP contribution in [0.15, 0.2) is 36.4 Å². The third-order valence-corrected chi connectivity index (χ3v) is 4.97. The Bertz CT molecular complexity index is 804. The Morgan fingerprint density at radius 2 is 1.79 bits per heavy atom. The van der Waals surface area contributed by atoms with Crippen LogP contribution in [0.5, 0.6) is 17.2 Å². The van der Waals surface area contributed by atoms with E-state index in [0.717, 1.165) is 60.3 Å². The molecule has 150 valence electrons. The number of hydrogen-bond acceptors (Lipinski definition) is 4. The number of hydrogen-bond donors (Lipinski definition) is 1. The zero-order chi connectivity index (χ0) is 20.6. The van der Waals surface area contributed by atoms with Crippen LogP contribution in [0, 0.1) is 16.7 Å². The van der Waals surface area contributed by atoms with Gasteiger partial charge < -0.3 is 14.6 Å². The minimum atomic E-state index is -0.251. The number of methoxy groups -OCH3 is 1. The van der Waals surface area contributed by atoms with E-state index in [9.17, 15) is 5.11 Å². The second kappa shape index (κ2) is 10.0. The summed E-state index contributed by atoms with van der Waals surface area (Å²) in [6.45, 7) is 6.65. The van der Waals surface area contributed by atoms with Crippen molar-refractivity contribution in [1.29, 1.82) is 5.26 Å². The third kappa shape index (κ3) is 5.92. The van der Waals surface area contributed by atoms with Gasteiger partial charge in [-0.05, 0) is 62.4 Å². The second-order valence-corrected chi connectivity index (χ2v) is 7.71. The van der Waals surface area contributed by atoms with Crippen molar-refractivity contribution in [3.05, 3.63) is 42.0 Å². The first-order valence-corrected chi connectivity index (χ1v) is 9.94.